The fraction of sp³-hybridized carbons (Fsp3) is 0.917. The first kappa shape index (κ1) is 16.2. The second kappa shape index (κ2) is 5.23. The summed E-state index contributed by atoms with van der Waals surface area (Å²) in [6.45, 7) is 17.3. The molecule has 0 saturated carbocycles. The average molecular weight is 262 g/mol. The van der Waals surface area contributed by atoms with E-state index in [2.05, 4.69) is 33.9 Å². The van der Waals surface area contributed by atoms with Gasteiger partial charge in [0, 0.05) is 4.75 Å². The van der Waals surface area contributed by atoms with Gasteiger partial charge in [-0.2, -0.15) is 0 Å². The Hall–Kier alpha value is 0.197. The van der Waals surface area contributed by atoms with Gasteiger partial charge in [-0.1, -0.05) is 53.3 Å². The van der Waals surface area contributed by atoms with Crippen molar-refractivity contribution < 1.29 is 9.22 Å². The lowest BCUT2D eigenvalue weighted by atomic mass is 10.2. The highest BCUT2D eigenvalue weighted by Gasteiger charge is 2.37. The van der Waals surface area contributed by atoms with E-state index in [0.29, 0.717) is 0 Å². The van der Waals surface area contributed by atoms with E-state index < -0.39 is 8.32 Å². The van der Waals surface area contributed by atoms with Crippen molar-refractivity contribution in [3.63, 3.8) is 0 Å². The number of carbonyl (C=O) groups is 1. The molecule has 0 atom stereocenters. The van der Waals surface area contributed by atoms with Crippen LogP contribution < -0.4 is 0 Å². The lowest BCUT2D eigenvalue weighted by Gasteiger charge is -2.36. The maximum Gasteiger partial charge on any atom is 0.213 e. The molecule has 0 aromatic carbocycles. The minimum atomic E-state index is -1.78. The zero-order chi connectivity index (χ0) is 13.2. The summed E-state index contributed by atoms with van der Waals surface area (Å²) >= 11 is 1.37. The minimum absolute atomic E-state index is 0.0200. The van der Waals surface area contributed by atoms with Crippen LogP contribution >= 0.6 is 11.8 Å². The van der Waals surface area contributed by atoms with Gasteiger partial charge in [0.2, 0.25) is 5.12 Å². The molecule has 0 aliphatic rings. The molecule has 0 unspecified atom stereocenters. The lowest BCUT2D eigenvalue weighted by molar-refractivity contribution is -0.113. The van der Waals surface area contributed by atoms with Crippen molar-refractivity contribution in [2.24, 2.45) is 0 Å². The number of rotatable bonds is 3. The Kier molecular flexibility index (Phi) is 5.30. The third-order valence-corrected chi connectivity index (χ3v) is 8.21. The number of carbonyl (C=O) groups excluding carboxylic acids is 1. The molecule has 96 valence electrons. The maximum atomic E-state index is 11.7. The van der Waals surface area contributed by atoms with Crippen molar-refractivity contribution in [1.82, 2.24) is 0 Å². The minimum Gasteiger partial charge on any atom is -0.409 e. The highest BCUT2D eigenvalue weighted by molar-refractivity contribution is 8.14. The van der Waals surface area contributed by atoms with Crippen LogP contribution in [0.1, 0.15) is 41.5 Å². The van der Waals surface area contributed by atoms with Gasteiger partial charge in [-0.25, -0.2) is 0 Å². The van der Waals surface area contributed by atoms with E-state index in [-0.39, 0.29) is 21.5 Å². The van der Waals surface area contributed by atoms with Crippen LogP contribution in [0.25, 0.3) is 0 Å². The van der Waals surface area contributed by atoms with Crippen LogP contribution in [0.3, 0.4) is 0 Å². The Morgan fingerprint density at radius 1 is 1.12 bits per heavy atom. The van der Waals surface area contributed by atoms with Gasteiger partial charge in [-0.3, -0.25) is 4.79 Å². The number of hydrogen-bond donors (Lipinski definition) is 0. The molecule has 0 rings (SSSR count). The van der Waals surface area contributed by atoms with Gasteiger partial charge in [0.1, 0.15) is 6.61 Å². The van der Waals surface area contributed by atoms with Crippen molar-refractivity contribution in [2.75, 3.05) is 6.61 Å². The third-order valence-electron chi connectivity index (χ3n) is 2.78. The van der Waals surface area contributed by atoms with Crippen LogP contribution in [0.5, 0.6) is 0 Å². The predicted molar refractivity (Wildman–Crippen MR) is 75.5 cm³/mol. The Bertz CT molecular complexity index is 249. The SMILES string of the molecule is CC(C)(C)SC(=O)CO[Si](C)(C)C(C)(C)C. The first-order valence-electron chi connectivity index (χ1n) is 5.71. The zero-order valence-corrected chi connectivity index (χ0v) is 13.7. The Balaban J connectivity index is 4.22. The fourth-order valence-corrected chi connectivity index (χ4v) is 2.66. The van der Waals surface area contributed by atoms with E-state index in [1.807, 2.05) is 20.8 Å². The van der Waals surface area contributed by atoms with Crippen molar-refractivity contribution in [1.29, 1.82) is 0 Å². The van der Waals surface area contributed by atoms with E-state index in [1.54, 1.807) is 0 Å². The molecule has 0 aromatic heterocycles. The summed E-state index contributed by atoms with van der Waals surface area (Å²) in [6.07, 6.45) is 0. The molecule has 0 aliphatic heterocycles. The monoisotopic (exact) mass is 262 g/mol. The molecule has 0 aliphatic carbocycles. The number of thioether (sulfide) groups is 1. The lowest BCUT2D eigenvalue weighted by Crippen LogP contribution is -2.42. The standard InChI is InChI=1S/C12H26O2SSi/c1-11(2,3)15-10(13)9-14-16(7,8)12(4,5)6/h9H2,1-8H3. The molecule has 16 heavy (non-hydrogen) atoms. The molecule has 0 amide bonds. The third kappa shape index (κ3) is 6.06. The van der Waals surface area contributed by atoms with Crippen molar-refractivity contribution >= 4 is 25.2 Å². The van der Waals surface area contributed by atoms with E-state index >= 15 is 0 Å². The van der Waals surface area contributed by atoms with Crippen LogP contribution in [-0.4, -0.2) is 24.8 Å². The summed E-state index contributed by atoms with van der Waals surface area (Å²) in [5.41, 5.74) is 0. The summed E-state index contributed by atoms with van der Waals surface area (Å²) in [4.78, 5) is 11.7. The van der Waals surface area contributed by atoms with Gasteiger partial charge in [-0.05, 0) is 18.1 Å². The first-order chi connectivity index (χ1) is 6.85. The molecular weight excluding hydrogens is 236 g/mol. The highest BCUT2D eigenvalue weighted by Crippen LogP contribution is 2.36. The molecule has 0 heterocycles. The van der Waals surface area contributed by atoms with E-state index in [9.17, 15) is 4.79 Å². The summed E-state index contributed by atoms with van der Waals surface area (Å²) in [5.74, 6) is 0. The van der Waals surface area contributed by atoms with Crippen LogP contribution in [0.15, 0.2) is 0 Å². The highest BCUT2D eigenvalue weighted by atomic mass is 32.2. The first-order valence-corrected chi connectivity index (χ1v) is 9.43. The Morgan fingerprint density at radius 2 is 1.56 bits per heavy atom. The van der Waals surface area contributed by atoms with Crippen LogP contribution in [0.2, 0.25) is 18.1 Å². The van der Waals surface area contributed by atoms with E-state index in [1.165, 1.54) is 11.8 Å². The van der Waals surface area contributed by atoms with E-state index in [0.717, 1.165) is 0 Å². The summed E-state index contributed by atoms with van der Waals surface area (Å²) in [6, 6.07) is 0. The van der Waals surface area contributed by atoms with Crippen LogP contribution in [-0.2, 0) is 9.22 Å². The predicted octanol–water partition coefficient (Wildman–Crippen LogP) is 4.07. The molecule has 0 bridgehead atoms. The maximum absolute atomic E-state index is 11.7. The Morgan fingerprint density at radius 3 is 1.88 bits per heavy atom. The molecule has 0 spiro atoms. The van der Waals surface area contributed by atoms with E-state index in [4.69, 9.17) is 4.43 Å². The van der Waals surface area contributed by atoms with Gasteiger partial charge in [-0.15, -0.1) is 0 Å². The van der Waals surface area contributed by atoms with Crippen LogP contribution in [0.4, 0.5) is 0 Å². The van der Waals surface area contributed by atoms with Gasteiger partial charge >= 0.3 is 0 Å². The quantitative estimate of drug-likeness (QED) is 0.717. The van der Waals surface area contributed by atoms with Gasteiger partial charge in [0.05, 0.1) is 0 Å². The van der Waals surface area contributed by atoms with Crippen molar-refractivity contribution in [2.45, 2.75) is 64.4 Å². The second-order valence-corrected chi connectivity index (χ2v) is 13.3. The molecule has 4 heteroatoms. The Labute approximate surface area is 106 Å². The molecular formula is C12H26O2SSi. The topological polar surface area (TPSA) is 26.3 Å². The molecule has 0 saturated heterocycles. The molecule has 0 aromatic rings. The normalized spacial score (nSPS) is 14.0. The van der Waals surface area contributed by atoms with Crippen LogP contribution in [0, 0.1) is 0 Å². The van der Waals surface area contributed by atoms with Gasteiger partial charge in [0.25, 0.3) is 0 Å². The van der Waals surface area contributed by atoms with Crippen molar-refractivity contribution in [3.8, 4) is 0 Å². The summed E-state index contributed by atoms with van der Waals surface area (Å²) < 4.78 is 5.85. The smallest absolute Gasteiger partial charge is 0.213 e. The molecule has 0 radical (unpaired) electrons. The van der Waals surface area contributed by atoms with Gasteiger partial charge < -0.3 is 4.43 Å². The number of hydrogen-bond acceptors (Lipinski definition) is 3. The van der Waals surface area contributed by atoms with Crippen molar-refractivity contribution in [3.05, 3.63) is 0 Å². The average Bonchev–Trinajstić information content (AvgIpc) is 1.95. The largest absolute Gasteiger partial charge is 0.409 e. The molecule has 2 nitrogen and oxygen atoms in total. The fourth-order valence-electron chi connectivity index (χ4n) is 0.827. The zero-order valence-electron chi connectivity index (χ0n) is 11.9. The molecule has 0 N–H and O–H groups in total. The van der Waals surface area contributed by atoms with Gasteiger partial charge in [0.15, 0.2) is 8.32 Å². The second-order valence-electron chi connectivity index (χ2n) is 6.64. The summed E-state index contributed by atoms with van der Waals surface area (Å²) in [5, 5.41) is 0.303. The summed E-state index contributed by atoms with van der Waals surface area (Å²) in [7, 11) is -1.78. The molecule has 0 fully saturated rings.